The molecule has 0 aromatic heterocycles. The van der Waals surface area contributed by atoms with Gasteiger partial charge in [0.2, 0.25) is 0 Å². The SMILES string of the molecule is COc1ccc(/C=C/c2cc(O)ccc2O)cc1OC. The second kappa shape index (κ2) is 6.02. The average Bonchev–Trinajstić information content (AvgIpc) is 2.47. The molecule has 4 nitrogen and oxygen atoms in total. The molecule has 0 unspecified atom stereocenters. The van der Waals surface area contributed by atoms with E-state index in [0.717, 1.165) is 5.56 Å². The van der Waals surface area contributed by atoms with E-state index in [1.165, 1.54) is 18.2 Å². The van der Waals surface area contributed by atoms with Gasteiger partial charge in [-0.15, -0.1) is 0 Å². The lowest BCUT2D eigenvalue weighted by atomic mass is 10.1. The zero-order valence-electron chi connectivity index (χ0n) is 11.3. The molecule has 2 aromatic carbocycles. The summed E-state index contributed by atoms with van der Waals surface area (Å²) in [4.78, 5) is 0. The van der Waals surface area contributed by atoms with Gasteiger partial charge in [-0.25, -0.2) is 0 Å². The van der Waals surface area contributed by atoms with Crippen molar-refractivity contribution in [3.8, 4) is 23.0 Å². The highest BCUT2D eigenvalue weighted by Crippen LogP contribution is 2.29. The highest BCUT2D eigenvalue weighted by atomic mass is 16.5. The Morgan fingerprint density at radius 3 is 2.30 bits per heavy atom. The third-order valence-corrected chi connectivity index (χ3v) is 2.87. The highest BCUT2D eigenvalue weighted by molar-refractivity contribution is 5.74. The van der Waals surface area contributed by atoms with Gasteiger partial charge in [0.15, 0.2) is 11.5 Å². The molecule has 0 atom stereocenters. The van der Waals surface area contributed by atoms with Crippen molar-refractivity contribution < 1.29 is 19.7 Å². The number of methoxy groups -OCH3 is 2. The van der Waals surface area contributed by atoms with Crippen molar-refractivity contribution in [3.05, 3.63) is 47.5 Å². The molecule has 0 bridgehead atoms. The molecule has 104 valence electrons. The van der Waals surface area contributed by atoms with E-state index in [-0.39, 0.29) is 11.5 Å². The molecule has 2 N–H and O–H groups in total. The molecular formula is C16H16O4. The molecule has 0 aliphatic heterocycles. The van der Waals surface area contributed by atoms with Crippen LogP contribution in [0, 0.1) is 0 Å². The molecular weight excluding hydrogens is 256 g/mol. The van der Waals surface area contributed by atoms with E-state index >= 15 is 0 Å². The van der Waals surface area contributed by atoms with Crippen molar-refractivity contribution in [1.82, 2.24) is 0 Å². The van der Waals surface area contributed by atoms with Crippen LogP contribution in [0.4, 0.5) is 0 Å². The minimum atomic E-state index is 0.106. The Hall–Kier alpha value is -2.62. The average molecular weight is 272 g/mol. The minimum absolute atomic E-state index is 0.106. The lowest BCUT2D eigenvalue weighted by Crippen LogP contribution is -1.90. The van der Waals surface area contributed by atoms with Crippen LogP contribution in [0.2, 0.25) is 0 Å². The van der Waals surface area contributed by atoms with Crippen LogP contribution in [0.15, 0.2) is 36.4 Å². The number of rotatable bonds is 4. The number of ether oxygens (including phenoxy) is 2. The van der Waals surface area contributed by atoms with Crippen LogP contribution in [0.3, 0.4) is 0 Å². The first-order valence-electron chi connectivity index (χ1n) is 6.06. The predicted octanol–water partition coefficient (Wildman–Crippen LogP) is 3.29. The lowest BCUT2D eigenvalue weighted by molar-refractivity contribution is 0.355. The molecule has 0 amide bonds. The zero-order chi connectivity index (χ0) is 14.5. The van der Waals surface area contributed by atoms with Crippen LogP contribution in [0.5, 0.6) is 23.0 Å². The Labute approximate surface area is 117 Å². The van der Waals surface area contributed by atoms with Gasteiger partial charge in [0.05, 0.1) is 14.2 Å². The van der Waals surface area contributed by atoms with Crippen LogP contribution < -0.4 is 9.47 Å². The highest BCUT2D eigenvalue weighted by Gasteiger charge is 2.03. The summed E-state index contributed by atoms with van der Waals surface area (Å²) in [7, 11) is 3.16. The molecule has 0 heterocycles. The smallest absolute Gasteiger partial charge is 0.161 e. The van der Waals surface area contributed by atoms with E-state index in [9.17, 15) is 10.2 Å². The molecule has 0 radical (unpaired) electrons. The van der Waals surface area contributed by atoms with E-state index in [1.54, 1.807) is 26.4 Å². The molecule has 0 saturated heterocycles. The molecule has 0 aliphatic carbocycles. The first kappa shape index (κ1) is 13.8. The topological polar surface area (TPSA) is 58.9 Å². The third-order valence-electron chi connectivity index (χ3n) is 2.87. The van der Waals surface area contributed by atoms with E-state index in [0.29, 0.717) is 17.1 Å². The summed E-state index contributed by atoms with van der Waals surface area (Å²) in [6.45, 7) is 0. The van der Waals surface area contributed by atoms with Crippen LogP contribution >= 0.6 is 0 Å². The van der Waals surface area contributed by atoms with Gasteiger partial charge < -0.3 is 19.7 Å². The standard InChI is InChI=1S/C16H16O4/c1-19-15-8-4-11(9-16(15)20-2)3-5-12-10-13(17)6-7-14(12)18/h3-10,17-18H,1-2H3/b5-3+. The van der Waals surface area contributed by atoms with Gasteiger partial charge in [0.25, 0.3) is 0 Å². The van der Waals surface area contributed by atoms with Crippen LogP contribution in [-0.4, -0.2) is 24.4 Å². The molecule has 4 heteroatoms. The first-order valence-corrected chi connectivity index (χ1v) is 6.06. The van der Waals surface area contributed by atoms with Crippen LogP contribution in [0.25, 0.3) is 12.2 Å². The molecule has 0 aliphatic rings. The van der Waals surface area contributed by atoms with Crippen molar-refractivity contribution in [2.75, 3.05) is 14.2 Å². The summed E-state index contributed by atoms with van der Waals surface area (Å²) in [6.07, 6.45) is 3.53. The second-order valence-corrected chi connectivity index (χ2v) is 4.19. The van der Waals surface area contributed by atoms with Gasteiger partial charge in [0.1, 0.15) is 11.5 Å². The Bertz CT molecular complexity index is 632. The van der Waals surface area contributed by atoms with Crippen molar-refractivity contribution in [1.29, 1.82) is 0 Å². The summed E-state index contributed by atoms with van der Waals surface area (Å²) in [5.74, 6) is 1.51. The van der Waals surface area contributed by atoms with E-state index in [2.05, 4.69) is 0 Å². The normalized spacial score (nSPS) is 10.7. The largest absolute Gasteiger partial charge is 0.508 e. The van der Waals surface area contributed by atoms with Crippen molar-refractivity contribution >= 4 is 12.2 Å². The Morgan fingerprint density at radius 1 is 0.850 bits per heavy atom. The summed E-state index contributed by atoms with van der Waals surface area (Å²) in [6, 6.07) is 9.88. The van der Waals surface area contributed by atoms with Crippen molar-refractivity contribution in [3.63, 3.8) is 0 Å². The fraction of sp³-hybridized carbons (Fsp3) is 0.125. The molecule has 0 fully saturated rings. The maximum atomic E-state index is 9.69. The summed E-state index contributed by atoms with van der Waals surface area (Å²) < 4.78 is 10.4. The maximum Gasteiger partial charge on any atom is 0.161 e. The number of phenols is 2. The Kier molecular flexibility index (Phi) is 4.15. The number of hydrogen-bond acceptors (Lipinski definition) is 4. The fourth-order valence-electron chi connectivity index (χ4n) is 1.82. The minimum Gasteiger partial charge on any atom is -0.508 e. The van der Waals surface area contributed by atoms with Gasteiger partial charge in [-0.1, -0.05) is 18.2 Å². The van der Waals surface area contributed by atoms with Crippen molar-refractivity contribution in [2.45, 2.75) is 0 Å². The van der Waals surface area contributed by atoms with Gasteiger partial charge in [0, 0.05) is 5.56 Å². The van der Waals surface area contributed by atoms with Gasteiger partial charge in [-0.2, -0.15) is 0 Å². The zero-order valence-corrected chi connectivity index (χ0v) is 11.3. The van der Waals surface area contributed by atoms with E-state index in [4.69, 9.17) is 9.47 Å². The molecule has 0 saturated carbocycles. The van der Waals surface area contributed by atoms with Gasteiger partial charge >= 0.3 is 0 Å². The molecule has 2 rings (SSSR count). The second-order valence-electron chi connectivity index (χ2n) is 4.19. The van der Waals surface area contributed by atoms with Gasteiger partial charge in [-0.3, -0.25) is 0 Å². The number of hydrogen-bond donors (Lipinski definition) is 2. The number of phenolic OH excluding ortho intramolecular Hbond substituents is 2. The predicted molar refractivity (Wildman–Crippen MR) is 78.2 cm³/mol. The summed E-state index contributed by atoms with van der Waals surface area (Å²) >= 11 is 0. The third kappa shape index (κ3) is 3.03. The quantitative estimate of drug-likeness (QED) is 0.662. The Morgan fingerprint density at radius 2 is 1.60 bits per heavy atom. The number of aromatic hydroxyl groups is 2. The fourth-order valence-corrected chi connectivity index (χ4v) is 1.82. The molecule has 0 spiro atoms. The molecule has 2 aromatic rings. The Balaban J connectivity index is 2.29. The molecule has 20 heavy (non-hydrogen) atoms. The van der Waals surface area contributed by atoms with Gasteiger partial charge in [-0.05, 0) is 35.9 Å². The van der Waals surface area contributed by atoms with E-state index in [1.807, 2.05) is 18.2 Å². The first-order chi connectivity index (χ1) is 9.63. The summed E-state index contributed by atoms with van der Waals surface area (Å²) in [5.41, 5.74) is 1.44. The van der Waals surface area contributed by atoms with Crippen molar-refractivity contribution in [2.24, 2.45) is 0 Å². The van der Waals surface area contributed by atoms with Crippen LogP contribution in [-0.2, 0) is 0 Å². The summed E-state index contributed by atoms with van der Waals surface area (Å²) in [5, 5.41) is 19.1. The lowest BCUT2D eigenvalue weighted by Gasteiger charge is -2.07. The van der Waals surface area contributed by atoms with Crippen LogP contribution in [0.1, 0.15) is 11.1 Å². The maximum absolute atomic E-state index is 9.69. The number of benzene rings is 2. The van der Waals surface area contributed by atoms with E-state index < -0.39 is 0 Å². The monoisotopic (exact) mass is 272 g/mol.